The number of hydrogen-bond donors (Lipinski definition) is 2. The number of nitrogens with one attached hydrogen (secondary N) is 1. The highest BCUT2D eigenvalue weighted by atomic mass is 19.2. The molecule has 0 radical (unpaired) electrons. The first kappa shape index (κ1) is 17.6. The molecule has 0 aromatic heterocycles. The van der Waals surface area contributed by atoms with Gasteiger partial charge < -0.3 is 15.8 Å². The summed E-state index contributed by atoms with van der Waals surface area (Å²) >= 11 is 0. The first-order valence-electron chi connectivity index (χ1n) is 6.62. The van der Waals surface area contributed by atoms with Gasteiger partial charge in [0.25, 0.3) is 0 Å². The summed E-state index contributed by atoms with van der Waals surface area (Å²) in [6.45, 7) is 3.26. The van der Waals surface area contributed by atoms with Gasteiger partial charge in [0.05, 0.1) is 12.7 Å². The number of esters is 1. The van der Waals surface area contributed by atoms with Crippen molar-refractivity contribution in [2.75, 3.05) is 7.11 Å². The van der Waals surface area contributed by atoms with Gasteiger partial charge in [-0.25, -0.2) is 18.4 Å². The molecule has 0 aliphatic rings. The zero-order valence-electron chi connectivity index (χ0n) is 12.6. The first-order chi connectivity index (χ1) is 10.3. The SMILES string of the molecule is CCC(/C(C(=O)OC)=C(/C)NC(N)=O)c1ccc(F)c(F)c1. The Kier molecular flexibility index (Phi) is 6.03. The van der Waals surface area contributed by atoms with Crippen LogP contribution in [0.4, 0.5) is 13.6 Å². The van der Waals surface area contributed by atoms with Gasteiger partial charge in [-0.2, -0.15) is 0 Å². The van der Waals surface area contributed by atoms with Crippen LogP contribution < -0.4 is 11.1 Å². The van der Waals surface area contributed by atoms with Gasteiger partial charge in [0, 0.05) is 11.6 Å². The number of nitrogens with two attached hydrogens (primary N) is 1. The number of benzene rings is 1. The Morgan fingerprint density at radius 2 is 1.95 bits per heavy atom. The Morgan fingerprint density at radius 1 is 1.32 bits per heavy atom. The van der Waals surface area contributed by atoms with E-state index in [-0.39, 0.29) is 11.3 Å². The smallest absolute Gasteiger partial charge is 0.336 e. The predicted molar refractivity (Wildman–Crippen MR) is 76.8 cm³/mol. The second-order valence-corrected chi connectivity index (χ2v) is 4.65. The molecule has 0 fully saturated rings. The molecule has 0 spiro atoms. The van der Waals surface area contributed by atoms with E-state index in [0.29, 0.717) is 12.0 Å². The minimum absolute atomic E-state index is 0.134. The fourth-order valence-corrected chi connectivity index (χ4v) is 2.25. The zero-order valence-corrected chi connectivity index (χ0v) is 12.6. The molecular formula is C15H18F2N2O3. The standard InChI is InChI=1S/C15H18F2N2O3/c1-4-10(9-5-6-11(16)12(17)7-9)13(14(20)22-3)8(2)19-15(18)21/h5-7,10H,4H2,1-3H3,(H3,18,19,21)/b13-8+. The Balaban J connectivity index is 3.38. The van der Waals surface area contributed by atoms with Crippen molar-refractivity contribution in [2.24, 2.45) is 5.73 Å². The van der Waals surface area contributed by atoms with Gasteiger partial charge in [0.15, 0.2) is 11.6 Å². The average molecular weight is 312 g/mol. The molecule has 0 aliphatic carbocycles. The molecule has 5 nitrogen and oxygen atoms in total. The number of halogens is 2. The van der Waals surface area contributed by atoms with Crippen molar-refractivity contribution in [1.29, 1.82) is 0 Å². The summed E-state index contributed by atoms with van der Waals surface area (Å²) in [5.74, 6) is -3.24. The van der Waals surface area contributed by atoms with E-state index in [9.17, 15) is 18.4 Å². The zero-order chi connectivity index (χ0) is 16.9. The molecule has 22 heavy (non-hydrogen) atoms. The lowest BCUT2D eigenvalue weighted by molar-refractivity contribution is -0.136. The maximum atomic E-state index is 13.4. The molecule has 3 N–H and O–H groups in total. The van der Waals surface area contributed by atoms with E-state index in [2.05, 4.69) is 5.32 Å². The van der Waals surface area contributed by atoms with E-state index in [0.717, 1.165) is 12.1 Å². The summed E-state index contributed by atoms with van der Waals surface area (Å²) in [7, 11) is 1.19. The Bertz CT molecular complexity index is 615. The topological polar surface area (TPSA) is 81.4 Å². The lowest BCUT2D eigenvalue weighted by Gasteiger charge is -2.20. The second kappa shape index (κ2) is 7.53. The summed E-state index contributed by atoms with van der Waals surface area (Å²) in [6.07, 6.45) is 0.410. The van der Waals surface area contributed by atoms with Crippen molar-refractivity contribution in [1.82, 2.24) is 5.32 Å². The van der Waals surface area contributed by atoms with Crippen molar-refractivity contribution in [3.05, 3.63) is 46.7 Å². The van der Waals surface area contributed by atoms with Gasteiger partial charge >= 0.3 is 12.0 Å². The summed E-state index contributed by atoms with van der Waals surface area (Å²) in [4.78, 5) is 23.0. The predicted octanol–water partition coefficient (Wildman–Crippen LogP) is 2.57. The molecule has 1 rings (SSSR count). The number of rotatable bonds is 5. The third-order valence-corrected chi connectivity index (χ3v) is 3.22. The fraction of sp³-hybridized carbons (Fsp3) is 0.333. The van der Waals surface area contributed by atoms with Gasteiger partial charge in [0.1, 0.15) is 0 Å². The summed E-state index contributed by atoms with van der Waals surface area (Å²) in [5, 5.41) is 2.32. The third kappa shape index (κ3) is 4.03. The van der Waals surface area contributed by atoms with E-state index in [1.54, 1.807) is 6.92 Å². The number of hydrogen-bond acceptors (Lipinski definition) is 3. The summed E-state index contributed by atoms with van der Waals surface area (Å²) < 4.78 is 31.2. The van der Waals surface area contributed by atoms with Gasteiger partial charge in [-0.15, -0.1) is 0 Å². The number of amides is 2. The third-order valence-electron chi connectivity index (χ3n) is 3.22. The second-order valence-electron chi connectivity index (χ2n) is 4.65. The molecule has 2 amide bonds. The minimum atomic E-state index is -1.01. The summed E-state index contributed by atoms with van der Waals surface area (Å²) in [6, 6.07) is 2.55. The number of methoxy groups -OCH3 is 1. The molecule has 0 bridgehead atoms. The van der Waals surface area contributed by atoms with E-state index >= 15 is 0 Å². The largest absolute Gasteiger partial charge is 0.466 e. The van der Waals surface area contributed by atoms with Crippen LogP contribution in [-0.2, 0) is 9.53 Å². The highest BCUT2D eigenvalue weighted by Crippen LogP contribution is 2.31. The molecule has 1 aromatic carbocycles. The lowest BCUT2D eigenvalue weighted by atomic mass is 9.87. The van der Waals surface area contributed by atoms with Gasteiger partial charge in [-0.05, 0) is 31.0 Å². The van der Waals surface area contributed by atoms with Crippen molar-refractivity contribution in [3.63, 3.8) is 0 Å². The van der Waals surface area contributed by atoms with Crippen LogP contribution >= 0.6 is 0 Å². The molecular weight excluding hydrogens is 294 g/mol. The van der Waals surface area contributed by atoms with E-state index < -0.39 is 29.6 Å². The van der Waals surface area contributed by atoms with Crippen LogP contribution in [0.2, 0.25) is 0 Å². The quantitative estimate of drug-likeness (QED) is 0.647. The van der Waals surface area contributed by atoms with E-state index in [1.165, 1.54) is 20.1 Å². The Hall–Kier alpha value is -2.44. The van der Waals surface area contributed by atoms with E-state index in [1.807, 2.05) is 0 Å². The van der Waals surface area contributed by atoms with Crippen LogP contribution in [0, 0.1) is 11.6 Å². The number of ether oxygens (including phenoxy) is 1. The maximum Gasteiger partial charge on any atom is 0.336 e. The van der Waals surface area contributed by atoms with Crippen molar-refractivity contribution < 1.29 is 23.1 Å². The number of carbonyl (C=O) groups excluding carboxylic acids is 2. The van der Waals surface area contributed by atoms with Gasteiger partial charge in [-0.3, -0.25) is 0 Å². The monoisotopic (exact) mass is 312 g/mol. The van der Waals surface area contributed by atoms with E-state index in [4.69, 9.17) is 10.5 Å². The maximum absolute atomic E-state index is 13.4. The number of primary amides is 1. The van der Waals surface area contributed by atoms with Crippen LogP contribution in [0.1, 0.15) is 31.7 Å². The molecule has 120 valence electrons. The van der Waals surface area contributed by atoms with Crippen molar-refractivity contribution in [2.45, 2.75) is 26.2 Å². The normalized spacial score (nSPS) is 13.1. The molecule has 0 heterocycles. The first-order valence-corrected chi connectivity index (χ1v) is 6.62. The van der Waals surface area contributed by atoms with Crippen LogP contribution in [0.25, 0.3) is 0 Å². The van der Waals surface area contributed by atoms with Crippen LogP contribution in [-0.4, -0.2) is 19.1 Å². The Labute approximate surface area is 127 Å². The van der Waals surface area contributed by atoms with Gasteiger partial charge in [0.2, 0.25) is 0 Å². The Morgan fingerprint density at radius 3 is 2.41 bits per heavy atom. The minimum Gasteiger partial charge on any atom is -0.466 e. The van der Waals surface area contributed by atoms with Crippen LogP contribution in [0.15, 0.2) is 29.5 Å². The van der Waals surface area contributed by atoms with Crippen LogP contribution in [0.3, 0.4) is 0 Å². The molecule has 1 aromatic rings. The average Bonchev–Trinajstić information content (AvgIpc) is 2.46. The highest BCUT2D eigenvalue weighted by molar-refractivity contribution is 5.92. The fourth-order valence-electron chi connectivity index (χ4n) is 2.25. The number of urea groups is 1. The molecule has 0 saturated carbocycles. The lowest BCUT2D eigenvalue weighted by Crippen LogP contribution is -2.30. The molecule has 1 unspecified atom stereocenters. The molecule has 0 aliphatic heterocycles. The molecule has 1 atom stereocenters. The van der Waals surface area contributed by atoms with Crippen molar-refractivity contribution >= 4 is 12.0 Å². The van der Waals surface area contributed by atoms with Gasteiger partial charge in [-0.1, -0.05) is 13.0 Å². The summed E-state index contributed by atoms with van der Waals surface area (Å²) in [5.41, 5.74) is 5.79. The van der Waals surface area contributed by atoms with Crippen molar-refractivity contribution in [3.8, 4) is 0 Å². The number of carbonyl (C=O) groups is 2. The molecule has 7 heteroatoms. The highest BCUT2D eigenvalue weighted by Gasteiger charge is 2.26. The van der Waals surface area contributed by atoms with Crippen LogP contribution in [0.5, 0.6) is 0 Å². The number of allylic oxidation sites excluding steroid dienone is 1. The molecule has 0 saturated heterocycles.